The number of nitrogens with zero attached hydrogens (tertiary/aromatic N) is 1. The average molecular weight is 441 g/mol. The molecule has 1 heterocycles. The first-order valence-electron chi connectivity index (χ1n) is 10.9. The molecule has 0 unspecified atom stereocenters. The molecule has 162 valence electrons. The van der Waals surface area contributed by atoms with Crippen molar-refractivity contribution in [2.75, 3.05) is 13.1 Å². The standard InChI is InChI=1S/C21H32N2O4S2/c24-28(25,22-18-7-2-3-8-18)19-9-11-20(12-10-19)29(26,27)23-16-6-15-21(17-23)13-4-1-5-14-21/h9-12,18,22H,1-8,13-17H2. The summed E-state index contributed by atoms with van der Waals surface area (Å²) in [4.78, 5) is 0.316. The predicted octanol–water partition coefficient (Wildman–Crippen LogP) is 3.64. The van der Waals surface area contributed by atoms with Gasteiger partial charge in [-0.2, -0.15) is 4.31 Å². The van der Waals surface area contributed by atoms with Crippen molar-refractivity contribution in [2.45, 2.75) is 86.5 Å². The van der Waals surface area contributed by atoms with Crippen LogP contribution in [0.3, 0.4) is 0 Å². The van der Waals surface area contributed by atoms with Crippen molar-refractivity contribution in [3.8, 4) is 0 Å². The third kappa shape index (κ3) is 4.55. The van der Waals surface area contributed by atoms with Crippen LogP contribution in [0.4, 0.5) is 0 Å². The van der Waals surface area contributed by atoms with E-state index in [4.69, 9.17) is 0 Å². The molecule has 3 aliphatic rings. The summed E-state index contributed by atoms with van der Waals surface area (Å²) in [7, 11) is -7.22. The van der Waals surface area contributed by atoms with Gasteiger partial charge in [0.1, 0.15) is 0 Å². The van der Waals surface area contributed by atoms with E-state index in [9.17, 15) is 16.8 Å². The summed E-state index contributed by atoms with van der Waals surface area (Å²) in [6, 6.07) is 5.72. The third-order valence-electron chi connectivity index (χ3n) is 6.99. The minimum atomic E-state index is -3.61. The molecule has 29 heavy (non-hydrogen) atoms. The Balaban J connectivity index is 1.50. The van der Waals surface area contributed by atoms with Crippen LogP contribution in [0, 0.1) is 5.41 Å². The van der Waals surface area contributed by atoms with Crippen molar-refractivity contribution in [2.24, 2.45) is 5.41 Å². The molecule has 0 aromatic heterocycles. The Morgan fingerprint density at radius 1 is 0.793 bits per heavy atom. The Morgan fingerprint density at radius 2 is 1.38 bits per heavy atom. The number of hydrogen-bond donors (Lipinski definition) is 1. The van der Waals surface area contributed by atoms with Gasteiger partial charge in [0.05, 0.1) is 9.79 Å². The van der Waals surface area contributed by atoms with E-state index in [1.54, 1.807) is 4.31 Å². The SMILES string of the molecule is O=S(=O)(NC1CCCC1)c1ccc(S(=O)(=O)N2CCCC3(CCCCC3)C2)cc1. The first kappa shape index (κ1) is 21.3. The molecule has 3 fully saturated rings. The molecule has 2 aliphatic carbocycles. The highest BCUT2D eigenvalue weighted by Crippen LogP contribution is 2.44. The van der Waals surface area contributed by atoms with Crippen LogP contribution >= 0.6 is 0 Å². The molecule has 6 nitrogen and oxygen atoms in total. The van der Waals surface area contributed by atoms with E-state index in [2.05, 4.69) is 4.72 Å². The summed E-state index contributed by atoms with van der Waals surface area (Å²) in [6.45, 7) is 1.14. The van der Waals surface area contributed by atoms with E-state index < -0.39 is 20.0 Å². The average Bonchev–Trinajstić information content (AvgIpc) is 3.21. The van der Waals surface area contributed by atoms with E-state index in [0.717, 1.165) is 51.4 Å². The van der Waals surface area contributed by atoms with Gasteiger partial charge in [0, 0.05) is 19.1 Å². The van der Waals surface area contributed by atoms with Crippen molar-refractivity contribution in [3.63, 3.8) is 0 Å². The van der Waals surface area contributed by atoms with Gasteiger partial charge in [0.15, 0.2) is 0 Å². The molecular weight excluding hydrogens is 408 g/mol. The lowest BCUT2D eigenvalue weighted by molar-refractivity contribution is 0.0965. The van der Waals surface area contributed by atoms with Crippen LogP contribution in [-0.2, 0) is 20.0 Å². The number of rotatable bonds is 5. The highest BCUT2D eigenvalue weighted by molar-refractivity contribution is 7.89. The molecule has 0 bridgehead atoms. The Labute approximate surface area is 175 Å². The van der Waals surface area contributed by atoms with Crippen LogP contribution in [0.15, 0.2) is 34.1 Å². The van der Waals surface area contributed by atoms with Crippen molar-refractivity contribution in [3.05, 3.63) is 24.3 Å². The first-order chi connectivity index (χ1) is 13.8. The quantitative estimate of drug-likeness (QED) is 0.758. The molecule has 4 rings (SSSR count). The van der Waals surface area contributed by atoms with Crippen molar-refractivity contribution in [1.82, 2.24) is 9.03 Å². The number of piperidine rings is 1. The second kappa shape index (κ2) is 8.29. The fourth-order valence-electron chi connectivity index (χ4n) is 5.35. The van der Waals surface area contributed by atoms with Crippen LogP contribution in [0.25, 0.3) is 0 Å². The normalized spacial score (nSPS) is 24.1. The largest absolute Gasteiger partial charge is 0.243 e. The summed E-state index contributed by atoms with van der Waals surface area (Å²) in [5.41, 5.74) is 0.137. The molecule has 1 spiro atoms. The molecular formula is C21H32N2O4S2. The highest BCUT2D eigenvalue weighted by atomic mass is 32.2. The number of hydrogen-bond acceptors (Lipinski definition) is 4. The van der Waals surface area contributed by atoms with E-state index >= 15 is 0 Å². The summed E-state index contributed by atoms with van der Waals surface area (Å²) in [6.07, 6.45) is 11.7. The predicted molar refractivity (Wildman–Crippen MR) is 113 cm³/mol. The number of benzene rings is 1. The molecule has 1 aliphatic heterocycles. The van der Waals surface area contributed by atoms with Gasteiger partial charge in [-0.1, -0.05) is 32.1 Å². The Bertz CT molecular complexity index is 908. The van der Waals surface area contributed by atoms with Crippen LogP contribution < -0.4 is 4.72 Å². The van der Waals surface area contributed by atoms with Crippen LogP contribution in [0.2, 0.25) is 0 Å². The lowest BCUT2D eigenvalue weighted by atomic mass is 9.70. The Hall–Kier alpha value is -0.960. The monoisotopic (exact) mass is 440 g/mol. The summed E-state index contributed by atoms with van der Waals surface area (Å²) < 4.78 is 56.0. The molecule has 0 amide bonds. The van der Waals surface area contributed by atoms with Gasteiger partial charge in [-0.25, -0.2) is 21.6 Å². The number of sulfonamides is 2. The second-order valence-corrected chi connectivity index (χ2v) is 12.7. The zero-order valence-electron chi connectivity index (χ0n) is 17.0. The second-order valence-electron chi connectivity index (χ2n) is 9.08. The molecule has 2 saturated carbocycles. The van der Waals surface area contributed by atoms with E-state index in [1.165, 1.54) is 43.5 Å². The zero-order valence-corrected chi connectivity index (χ0v) is 18.6. The fraction of sp³-hybridized carbons (Fsp3) is 0.714. The highest BCUT2D eigenvalue weighted by Gasteiger charge is 2.40. The van der Waals surface area contributed by atoms with Gasteiger partial charge < -0.3 is 0 Å². The maximum atomic E-state index is 13.2. The Morgan fingerprint density at radius 3 is 2.03 bits per heavy atom. The van der Waals surface area contributed by atoms with Crippen LogP contribution in [0.1, 0.15) is 70.6 Å². The molecule has 0 radical (unpaired) electrons. The van der Waals surface area contributed by atoms with Gasteiger partial charge in [-0.15, -0.1) is 0 Å². The van der Waals surface area contributed by atoms with Gasteiger partial charge in [0.25, 0.3) is 0 Å². The van der Waals surface area contributed by atoms with Gasteiger partial charge in [-0.3, -0.25) is 0 Å². The minimum Gasteiger partial charge on any atom is -0.208 e. The minimum absolute atomic E-state index is 0.0107. The maximum Gasteiger partial charge on any atom is 0.243 e. The Kier molecular flexibility index (Phi) is 6.08. The smallest absolute Gasteiger partial charge is 0.208 e. The molecule has 8 heteroatoms. The van der Waals surface area contributed by atoms with Crippen molar-refractivity contribution in [1.29, 1.82) is 0 Å². The maximum absolute atomic E-state index is 13.2. The van der Waals surface area contributed by atoms with Gasteiger partial charge in [-0.05, 0) is 68.2 Å². The lowest BCUT2D eigenvalue weighted by Crippen LogP contribution is -2.46. The molecule has 1 N–H and O–H groups in total. The van der Waals surface area contributed by atoms with E-state index in [1.807, 2.05) is 0 Å². The summed E-state index contributed by atoms with van der Waals surface area (Å²) >= 11 is 0. The zero-order chi connectivity index (χ0) is 20.5. The molecule has 1 saturated heterocycles. The van der Waals surface area contributed by atoms with Crippen LogP contribution in [0.5, 0.6) is 0 Å². The summed E-state index contributed by atoms with van der Waals surface area (Å²) in [5.74, 6) is 0. The van der Waals surface area contributed by atoms with Gasteiger partial charge >= 0.3 is 0 Å². The van der Waals surface area contributed by atoms with E-state index in [-0.39, 0.29) is 21.2 Å². The number of nitrogens with one attached hydrogen (secondary N) is 1. The molecule has 1 aromatic rings. The molecule has 0 atom stereocenters. The molecule has 1 aromatic carbocycles. The fourth-order valence-corrected chi connectivity index (χ4v) is 8.25. The first-order valence-corrected chi connectivity index (χ1v) is 13.9. The van der Waals surface area contributed by atoms with Crippen molar-refractivity contribution < 1.29 is 16.8 Å². The van der Waals surface area contributed by atoms with Crippen molar-refractivity contribution >= 4 is 20.0 Å². The van der Waals surface area contributed by atoms with Gasteiger partial charge in [0.2, 0.25) is 20.0 Å². The topological polar surface area (TPSA) is 83.5 Å². The van der Waals surface area contributed by atoms with E-state index in [0.29, 0.717) is 13.1 Å². The summed E-state index contributed by atoms with van der Waals surface area (Å²) in [5, 5.41) is 0. The third-order valence-corrected chi connectivity index (χ3v) is 10.4. The van der Waals surface area contributed by atoms with Crippen LogP contribution in [-0.4, -0.2) is 40.3 Å². The lowest BCUT2D eigenvalue weighted by Gasteiger charge is -2.44.